The molecule has 1 heterocycles. The summed E-state index contributed by atoms with van der Waals surface area (Å²) in [4.78, 5) is 33.9. The average molecular weight is 392 g/mol. The van der Waals surface area contributed by atoms with Crippen LogP contribution >= 0.6 is 0 Å². The van der Waals surface area contributed by atoms with Crippen LogP contribution in [0.2, 0.25) is 0 Å². The van der Waals surface area contributed by atoms with Crippen LogP contribution < -0.4 is 10.7 Å². The fraction of sp³-hybridized carbons (Fsp3) is 0.0500. The van der Waals surface area contributed by atoms with Gasteiger partial charge in [0.25, 0.3) is 11.6 Å². The van der Waals surface area contributed by atoms with E-state index in [9.17, 15) is 19.7 Å². The van der Waals surface area contributed by atoms with E-state index in [1.54, 1.807) is 48.5 Å². The monoisotopic (exact) mass is 392 g/mol. The molecule has 0 saturated carbocycles. The molecule has 3 aromatic rings. The number of carbonyl (C=O) groups is 2. The van der Waals surface area contributed by atoms with E-state index in [4.69, 9.17) is 4.42 Å². The second kappa shape index (κ2) is 8.61. The predicted molar refractivity (Wildman–Crippen MR) is 107 cm³/mol. The molecule has 146 valence electrons. The number of carbonyl (C=O) groups excluding carboxylic acids is 2. The molecule has 1 aromatic heterocycles. The summed E-state index contributed by atoms with van der Waals surface area (Å²) in [6.07, 6.45) is 1.29. The van der Waals surface area contributed by atoms with Gasteiger partial charge in [0.05, 0.1) is 16.7 Å². The van der Waals surface area contributed by atoms with E-state index in [2.05, 4.69) is 15.8 Å². The van der Waals surface area contributed by atoms with Crippen molar-refractivity contribution in [1.29, 1.82) is 0 Å². The third-order valence-corrected chi connectivity index (χ3v) is 3.80. The summed E-state index contributed by atoms with van der Waals surface area (Å²) in [6, 6.07) is 15.8. The van der Waals surface area contributed by atoms with Crippen LogP contribution in [0.3, 0.4) is 0 Å². The van der Waals surface area contributed by atoms with Gasteiger partial charge in [-0.15, -0.1) is 0 Å². The molecule has 0 spiro atoms. The quantitative estimate of drug-likeness (QED) is 0.377. The topological polar surface area (TPSA) is 127 Å². The molecule has 2 aromatic carbocycles. The minimum atomic E-state index is -0.485. The molecular formula is C20H16N4O5. The van der Waals surface area contributed by atoms with E-state index in [1.807, 2.05) is 0 Å². The van der Waals surface area contributed by atoms with Gasteiger partial charge in [-0.1, -0.05) is 18.2 Å². The molecule has 9 nitrogen and oxygen atoms in total. The number of amides is 2. The summed E-state index contributed by atoms with van der Waals surface area (Å²) >= 11 is 0. The van der Waals surface area contributed by atoms with Crippen molar-refractivity contribution in [3.63, 3.8) is 0 Å². The fourth-order valence-electron chi connectivity index (χ4n) is 2.57. The van der Waals surface area contributed by atoms with Gasteiger partial charge in [-0.05, 0) is 36.4 Å². The minimum absolute atomic E-state index is 0.0716. The van der Waals surface area contributed by atoms with Crippen molar-refractivity contribution in [2.24, 2.45) is 5.10 Å². The lowest BCUT2D eigenvalue weighted by atomic mass is 10.1. The van der Waals surface area contributed by atoms with Crippen molar-refractivity contribution in [3.05, 3.63) is 82.1 Å². The first kappa shape index (κ1) is 19.5. The first-order valence-corrected chi connectivity index (χ1v) is 8.49. The molecule has 0 radical (unpaired) electrons. The van der Waals surface area contributed by atoms with Crippen molar-refractivity contribution in [1.82, 2.24) is 5.43 Å². The van der Waals surface area contributed by atoms with Crippen LogP contribution in [0.1, 0.15) is 23.0 Å². The molecule has 0 atom stereocenters. The van der Waals surface area contributed by atoms with E-state index < -0.39 is 10.8 Å². The largest absolute Gasteiger partial charge is 0.455 e. The molecule has 9 heteroatoms. The zero-order chi connectivity index (χ0) is 20.8. The van der Waals surface area contributed by atoms with Gasteiger partial charge in [0.2, 0.25) is 5.91 Å². The molecule has 0 aliphatic rings. The van der Waals surface area contributed by atoms with Crippen LogP contribution in [0.4, 0.5) is 11.4 Å². The van der Waals surface area contributed by atoms with Crippen LogP contribution in [0.25, 0.3) is 11.3 Å². The Labute approximate surface area is 165 Å². The number of hydrogen-bond acceptors (Lipinski definition) is 6. The van der Waals surface area contributed by atoms with Crippen LogP contribution in [0.15, 0.2) is 70.2 Å². The lowest BCUT2D eigenvalue weighted by Crippen LogP contribution is -2.18. The number of nitrogens with zero attached hydrogens (tertiary/aromatic N) is 2. The zero-order valence-electron chi connectivity index (χ0n) is 15.3. The summed E-state index contributed by atoms with van der Waals surface area (Å²) in [5.74, 6) is -0.0923. The van der Waals surface area contributed by atoms with E-state index in [0.717, 1.165) is 0 Å². The third-order valence-electron chi connectivity index (χ3n) is 3.80. The van der Waals surface area contributed by atoms with E-state index in [-0.39, 0.29) is 11.6 Å². The summed E-state index contributed by atoms with van der Waals surface area (Å²) in [6.45, 7) is 1.37. The maximum absolute atomic E-state index is 12.2. The molecule has 0 fully saturated rings. The highest BCUT2D eigenvalue weighted by Crippen LogP contribution is 2.30. The number of nitro groups is 1. The molecule has 0 aliphatic carbocycles. The Bertz CT molecular complexity index is 1100. The highest BCUT2D eigenvalue weighted by Gasteiger charge is 2.16. The molecular weight excluding hydrogens is 376 g/mol. The molecule has 0 bridgehead atoms. The van der Waals surface area contributed by atoms with Crippen molar-refractivity contribution in [2.45, 2.75) is 6.92 Å². The SMILES string of the molecule is CC(=O)Nc1cccc(C(=O)NN=Cc2ccc(-c3ccccc3[N+](=O)[O-])o2)c1. The van der Waals surface area contributed by atoms with Gasteiger partial charge in [0.1, 0.15) is 11.5 Å². The average Bonchev–Trinajstić information content (AvgIpc) is 3.16. The number of anilines is 1. The first-order chi connectivity index (χ1) is 13.9. The van der Waals surface area contributed by atoms with Crippen molar-refractivity contribution in [3.8, 4) is 11.3 Å². The molecule has 0 aliphatic heterocycles. The number of benzene rings is 2. The zero-order valence-corrected chi connectivity index (χ0v) is 15.3. The van der Waals surface area contributed by atoms with Crippen LogP contribution in [-0.4, -0.2) is 23.0 Å². The summed E-state index contributed by atoms with van der Waals surface area (Å²) in [5.41, 5.74) is 3.44. The number of rotatable bonds is 6. The summed E-state index contributed by atoms with van der Waals surface area (Å²) in [5, 5.41) is 17.6. The number of nitro benzene ring substituents is 1. The lowest BCUT2D eigenvalue weighted by molar-refractivity contribution is -0.384. The normalized spacial score (nSPS) is 10.7. The molecule has 2 N–H and O–H groups in total. The minimum Gasteiger partial charge on any atom is -0.455 e. The number of hydrazone groups is 1. The summed E-state index contributed by atoms with van der Waals surface area (Å²) in [7, 11) is 0. The van der Waals surface area contributed by atoms with Crippen LogP contribution in [0, 0.1) is 10.1 Å². The van der Waals surface area contributed by atoms with Crippen molar-refractivity contribution < 1.29 is 18.9 Å². The fourth-order valence-corrected chi connectivity index (χ4v) is 2.57. The molecule has 3 rings (SSSR count). The van der Waals surface area contributed by atoms with Gasteiger partial charge in [0, 0.05) is 24.2 Å². The van der Waals surface area contributed by atoms with Crippen LogP contribution in [-0.2, 0) is 4.79 Å². The highest BCUT2D eigenvalue weighted by atomic mass is 16.6. The Morgan fingerprint density at radius 3 is 2.66 bits per heavy atom. The van der Waals surface area contributed by atoms with Crippen LogP contribution in [0.5, 0.6) is 0 Å². The number of para-hydroxylation sites is 1. The Morgan fingerprint density at radius 2 is 1.90 bits per heavy atom. The van der Waals surface area contributed by atoms with Gasteiger partial charge < -0.3 is 9.73 Å². The predicted octanol–water partition coefficient (Wildman–Crippen LogP) is 3.58. The Hall–Kier alpha value is -4.27. The Morgan fingerprint density at radius 1 is 1.10 bits per heavy atom. The number of hydrogen-bond donors (Lipinski definition) is 2. The van der Waals surface area contributed by atoms with Gasteiger partial charge in [-0.3, -0.25) is 19.7 Å². The second-order valence-electron chi connectivity index (χ2n) is 5.94. The second-order valence-corrected chi connectivity index (χ2v) is 5.94. The molecule has 0 unspecified atom stereocenters. The molecule has 29 heavy (non-hydrogen) atoms. The highest BCUT2D eigenvalue weighted by molar-refractivity contribution is 5.97. The van der Waals surface area contributed by atoms with Gasteiger partial charge in [-0.25, -0.2) is 5.43 Å². The van der Waals surface area contributed by atoms with E-state index in [0.29, 0.717) is 28.3 Å². The van der Waals surface area contributed by atoms with Gasteiger partial charge >= 0.3 is 0 Å². The Kier molecular flexibility index (Phi) is 5.79. The maximum atomic E-state index is 12.2. The summed E-state index contributed by atoms with van der Waals surface area (Å²) < 4.78 is 5.56. The number of nitrogens with one attached hydrogen (secondary N) is 2. The van der Waals surface area contributed by atoms with Gasteiger partial charge in [-0.2, -0.15) is 5.10 Å². The number of furan rings is 1. The van der Waals surface area contributed by atoms with E-state index in [1.165, 1.54) is 25.3 Å². The van der Waals surface area contributed by atoms with Crippen molar-refractivity contribution >= 4 is 29.4 Å². The standard InChI is InChI=1S/C20H16N4O5/c1-13(25)22-15-6-4-5-14(11-15)20(26)23-21-12-16-9-10-19(29-16)17-7-2-3-8-18(17)24(27)28/h2-12H,1H3,(H,22,25)(H,23,26). The van der Waals surface area contributed by atoms with Gasteiger partial charge in [0.15, 0.2) is 0 Å². The Balaban J connectivity index is 1.69. The molecule has 2 amide bonds. The maximum Gasteiger partial charge on any atom is 0.280 e. The third kappa shape index (κ3) is 4.92. The smallest absolute Gasteiger partial charge is 0.280 e. The first-order valence-electron chi connectivity index (χ1n) is 8.49. The molecule has 0 saturated heterocycles. The van der Waals surface area contributed by atoms with Crippen molar-refractivity contribution in [2.75, 3.05) is 5.32 Å². The lowest BCUT2D eigenvalue weighted by Gasteiger charge is -2.04. The van der Waals surface area contributed by atoms with E-state index >= 15 is 0 Å².